The van der Waals surface area contributed by atoms with Gasteiger partial charge in [-0.25, -0.2) is 18.7 Å². The Morgan fingerprint density at radius 2 is 2.29 bits per heavy atom. The standard InChI is InChI=1S/C13H6ClFN7O2/c14-6-1-2-8-9(3-6)22(20-18-8)24-13(23)10-11(16)19-21-5-7(15)4-17-12(10)21/h2-5H,(H2,16,19)/q+1. The van der Waals surface area contributed by atoms with E-state index in [4.69, 9.17) is 22.2 Å². The molecule has 118 valence electrons. The van der Waals surface area contributed by atoms with Crippen molar-refractivity contribution < 1.29 is 14.0 Å². The Bertz CT molecular complexity index is 1050. The fourth-order valence-electron chi connectivity index (χ4n) is 2.13. The maximum atomic E-state index is 13.2. The van der Waals surface area contributed by atoms with Crippen LogP contribution in [0.25, 0.3) is 17.8 Å². The summed E-state index contributed by atoms with van der Waals surface area (Å²) in [6.45, 7) is 0. The van der Waals surface area contributed by atoms with E-state index in [1.807, 2.05) is 0 Å². The van der Waals surface area contributed by atoms with Gasteiger partial charge in [0.25, 0.3) is 0 Å². The molecular weight excluding hydrogens is 341 g/mol. The minimum Gasteiger partial charge on any atom is -0.381 e. The zero-order chi connectivity index (χ0) is 16.8. The number of hydrogen-bond acceptors (Lipinski definition) is 7. The van der Waals surface area contributed by atoms with Crippen LogP contribution >= 0.6 is 11.6 Å². The molecule has 0 aromatic carbocycles. The minimum atomic E-state index is -0.877. The largest absolute Gasteiger partial charge is 0.381 e. The van der Waals surface area contributed by atoms with E-state index < -0.39 is 11.8 Å². The Morgan fingerprint density at radius 3 is 3.12 bits per heavy atom. The smallest absolute Gasteiger partial charge is 0.373 e. The summed E-state index contributed by atoms with van der Waals surface area (Å²) in [6.07, 6.45) is 7.70. The van der Waals surface area contributed by atoms with E-state index >= 15 is 0 Å². The highest BCUT2D eigenvalue weighted by Crippen LogP contribution is 2.21. The fraction of sp³-hybridized carbons (Fsp3) is 0. The summed E-state index contributed by atoms with van der Waals surface area (Å²) in [5.74, 6) is -1.66. The summed E-state index contributed by atoms with van der Waals surface area (Å²) in [7, 11) is 0. The van der Waals surface area contributed by atoms with Crippen LogP contribution in [0.2, 0.25) is 0 Å². The van der Waals surface area contributed by atoms with Crippen molar-refractivity contribution in [2.75, 3.05) is 5.73 Å². The molecule has 2 N–H and O–H groups in total. The maximum absolute atomic E-state index is 13.2. The molecule has 3 aromatic heterocycles. The van der Waals surface area contributed by atoms with Crippen LogP contribution in [0.15, 0.2) is 17.4 Å². The van der Waals surface area contributed by atoms with Gasteiger partial charge in [-0.3, -0.25) is 0 Å². The van der Waals surface area contributed by atoms with Gasteiger partial charge in [0, 0.05) is 0 Å². The normalized spacial score (nSPS) is 12.7. The van der Waals surface area contributed by atoms with Crippen molar-refractivity contribution in [2.45, 2.75) is 0 Å². The van der Waals surface area contributed by atoms with Gasteiger partial charge in [-0.15, -0.1) is 5.10 Å². The molecule has 4 rings (SSSR count). The highest BCUT2D eigenvalue weighted by atomic mass is 35.5. The Kier molecular flexibility index (Phi) is 3.02. The number of hydrogen-bond donors (Lipinski definition) is 1. The van der Waals surface area contributed by atoms with Gasteiger partial charge in [0.15, 0.2) is 22.8 Å². The summed E-state index contributed by atoms with van der Waals surface area (Å²) in [6, 6.07) is 0. The highest BCUT2D eigenvalue weighted by Gasteiger charge is 2.27. The van der Waals surface area contributed by atoms with Crippen LogP contribution in [0.3, 0.4) is 0 Å². The number of anilines is 1. The molecule has 1 aliphatic rings. The molecule has 1 aliphatic carbocycles. The summed E-state index contributed by atoms with van der Waals surface area (Å²) < 4.78 is 14.2. The number of carbonyl (C=O) groups excluding carboxylic acids is 1. The SMILES string of the molecule is Nc1nn2cc(F)cnc2c1C(=O)On1nnc2c1C=C(Cl)[C+]=C2. The third kappa shape index (κ3) is 2.18. The first-order chi connectivity index (χ1) is 11.5. The van der Waals surface area contributed by atoms with Crippen LogP contribution < -0.4 is 10.6 Å². The van der Waals surface area contributed by atoms with Gasteiger partial charge in [-0.1, -0.05) is 5.10 Å². The van der Waals surface area contributed by atoms with Crippen molar-refractivity contribution in [2.24, 2.45) is 0 Å². The van der Waals surface area contributed by atoms with Crippen molar-refractivity contribution in [3.63, 3.8) is 0 Å². The number of fused-ring (bicyclic) bond motifs is 2. The maximum Gasteiger partial charge on any atom is 0.373 e. The Labute approximate surface area is 137 Å². The lowest BCUT2D eigenvalue weighted by Crippen LogP contribution is -2.23. The van der Waals surface area contributed by atoms with Crippen molar-refractivity contribution >= 4 is 41.2 Å². The van der Waals surface area contributed by atoms with Gasteiger partial charge in [0.05, 0.1) is 24.5 Å². The molecule has 24 heavy (non-hydrogen) atoms. The topological polar surface area (TPSA) is 113 Å². The van der Waals surface area contributed by atoms with Crippen LogP contribution in [-0.2, 0) is 0 Å². The molecule has 0 unspecified atom stereocenters. The average Bonchev–Trinajstić information content (AvgIpc) is 3.07. The molecule has 0 amide bonds. The molecule has 0 bridgehead atoms. The van der Waals surface area contributed by atoms with Gasteiger partial charge >= 0.3 is 5.97 Å². The predicted octanol–water partition coefficient (Wildman–Crippen LogP) is 0.721. The van der Waals surface area contributed by atoms with Crippen molar-refractivity contribution in [1.29, 1.82) is 0 Å². The van der Waals surface area contributed by atoms with Gasteiger partial charge in [-0.2, -0.15) is 0 Å². The number of halogens is 2. The monoisotopic (exact) mass is 346 g/mol. The second-order valence-electron chi connectivity index (χ2n) is 4.69. The van der Waals surface area contributed by atoms with Crippen molar-refractivity contribution in [3.8, 4) is 0 Å². The van der Waals surface area contributed by atoms with Gasteiger partial charge in [-0.05, 0) is 21.7 Å². The predicted molar refractivity (Wildman–Crippen MR) is 79.8 cm³/mol. The van der Waals surface area contributed by atoms with Gasteiger partial charge in [0.1, 0.15) is 6.08 Å². The van der Waals surface area contributed by atoms with E-state index in [9.17, 15) is 9.18 Å². The fourth-order valence-corrected chi connectivity index (χ4v) is 2.29. The van der Waals surface area contributed by atoms with Crippen molar-refractivity contribution in [3.05, 3.63) is 46.3 Å². The van der Waals surface area contributed by atoms with Crippen LogP contribution in [0.4, 0.5) is 10.2 Å². The average molecular weight is 347 g/mol. The van der Waals surface area contributed by atoms with E-state index in [0.717, 1.165) is 21.8 Å². The van der Waals surface area contributed by atoms with Crippen molar-refractivity contribution in [1.82, 2.24) is 29.8 Å². The number of allylic oxidation sites excluding steroid dienone is 2. The minimum absolute atomic E-state index is 0.0506. The molecule has 0 aliphatic heterocycles. The second-order valence-corrected chi connectivity index (χ2v) is 5.10. The summed E-state index contributed by atoms with van der Waals surface area (Å²) in [5.41, 5.74) is 6.43. The number of nitrogens with zero attached hydrogens (tertiary/aromatic N) is 6. The van der Waals surface area contributed by atoms with Crippen LogP contribution in [0.1, 0.15) is 21.7 Å². The van der Waals surface area contributed by atoms with E-state index in [1.54, 1.807) is 0 Å². The first-order valence-corrected chi connectivity index (χ1v) is 6.85. The number of carbonyl (C=O) groups is 1. The quantitative estimate of drug-likeness (QED) is 0.537. The zero-order valence-corrected chi connectivity index (χ0v) is 12.4. The Morgan fingerprint density at radius 1 is 1.46 bits per heavy atom. The molecule has 3 heterocycles. The first kappa shape index (κ1) is 14.2. The zero-order valence-electron chi connectivity index (χ0n) is 11.6. The lowest BCUT2D eigenvalue weighted by molar-refractivity contribution is 0.0383. The van der Waals surface area contributed by atoms with Crippen LogP contribution in [0.5, 0.6) is 0 Å². The summed E-state index contributed by atoms with van der Waals surface area (Å²) >= 11 is 5.86. The third-order valence-electron chi connectivity index (χ3n) is 3.15. The van der Waals surface area contributed by atoms with Gasteiger partial charge in [0.2, 0.25) is 16.4 Å². The highest BCUT2D eigenvalue weighted by molar-refractivity contribution is 6.33. The van der Waals surface area contributed by atoms with Crippen LogP contribution in [-0.4, -0.2) is 35.7 Å². The Balaban J connectivity index is 1.73. The van der Waals surface area contributed by atoms with Crippen LogP contribution in [0, 0.1) is 11.9 Å². The molecule has 3 aromatic rings. The molecular formula is C13H6ClFN7O2+. The summed E-state index contributed by atoms with van der Waals surface area (Å²) in [5, 5.41) is 11.6. The van der Waals surface area contributed by atoms with E-state index in [1.165, 1.54) is 12.2 Å². The molecule has 0 fully saturated rings. The number of nitrogens with two attached hydrogens (primary N) is 1. The molecule has 11 heteroatoms. The van der Waals surface area contributed by atoms with E-state index in [-0.39, 0.29) is 17.0 Å². The lowest BCUT2D eigenvalue weighted by Gasteiger charge is -2.02. The molecule has 0 spiro atoms. The van der Waals surface area contributed by atoms with E-state index in [0.29, 0.717) is 16.4 Å². The molecule has 0 saturated heterocycles. The lowest BCUT2D eigenvalue weighted by atomic mass is 10.2. The first-order valence-electron chi connectivity index (χ1n) is 6.47. The second kappa shape index (κ2) is 5.08. The third-order valence-corrected chi connectivity index (χ3v) is 3.37. The summed E-state index contributed by atoms with van der Waals surface area (Å²) in [4.78, 5) is 22.2. The molecule has 0 saturated carbocycles. The Hall–Kier alpha value is -3.36. The molecule has 9 nitrogen and oxygen atoms in total. The number of aromatic nitrogens is 6. The molecule has 0 radical (unpaired) electrons. The molecule has 0 atom stereocenters. The van der Waals surface area contributed by atoms with E-state index in [2.05, 4.69) is 26.5 Å². The van der Waals surface area contributed by atoms with Gasteiger partial charge < -0.3 is 10.6 Å². The number of rotatable bonds is 2. The number of nitrogen functional groups attached to an aromatic ring is 1.